The molecule has 1 nitrogen and oxygen atoms in total. The molecule has 1 aliphatic carbocycles. The van der Waals surface area contributed by atoms with E-state index in [1.165, 1.54) is 0 Å². The Kier molecular flexibility index (Phi) is 4.44. The second-order valence-corrected chi connectivity index (χ2v) is 6.05. The molecule has 1 fully saturated rings. The van der Waals surface area contributed by atoms with Crippen molar-refractivity contribution in [3.63, 3.8) is 0 Å². The van der Waals surface area contributed by atoms with Gasteiger partial charge in [0.05, 0.1) is 6.54 Å². The van der Waals surface area contributed by atoms with E-state index >= 15 is 0 Å². The highest BCUT2D eigenvalue weighted by Crippen LogP contribution is 2.38. The molecule has 2 atom stereocenters. The van der Waals surface area contributed by atoms with Gasteiger partial charge in [-0.1, -0.05) is 20.8 Å². The third kappa shape index (κ3) is 4.45. The van der Waals surface area contributed by atoms with Gasteiger partial charge in [-0.2, -0.15) is 8.78 Å². The molecule has 0 aromatic carbocycles. The second-order valence-electron chi connectivity index (χ2n) is 6.05. The fraction of sp³-hybridized carbons (Fsp3) is 1.00. The minimum Gasteiger partial charge on any atom is -0.308 e. The van der Waals surface area contributed by atoms with E-state index in [-0.39, 0.29) is 11.5 Å². The van der Waals surface area contributed by atoms with Crippen molar-refractivity contribution in [1.29, 1.82) is 0 Å². The summed E-state index contributed by atoms with van der Waals surface area (Å²) in [5, 5.41) is 2.60. The first kappa shape index (κ1) is 14.7. The van der Waals surface area contributed by atoms with Crippen LogP contribution in [0, 0.1) is 11.3 Å². The summed E-state index contributed by atoms with van der Waals surface area (Å²) >= 11 is 0. The highest BCUT2D eigenvalue weighted by molar-refractivity contribution is 4.87. The molecular formula is C12H21F4N. The Balaban J connectivity index is 2.47. The molecular weight excluding hydrogens is 234 g/mol. The third-order valence-electron chi connectivity index (χ3n) is 3.33. The van der Waals surface area contributed by atoms with E-state index in [0.717, 1.165) is 19.3 Å². The Morgan fingerprint density at radius 1 is 1.29 bits per heavy atom. The smallest absolute Gasteiger partial charge is 0.308 e. The van der Waals surface area contributed by atoms with Crippen LogP contribution in [-0.4, -0.2) is 24.9 Å². The maximum atomic E-state index is 12.8. The average Bonchev–Trinajstić information content (AvgIpc) is 2.11. The predicted molar refractivity (Wildman–Crippen MR) is 59.5 cm³/mol. The molecule has 0 saturated heterocycles. The fourth-order valence-electron chi connectivity index (χ4n) is 2.86. The summed E-state index contributed by atoms with van der Waals surface area (Å²) in [7, 11) is 0. The number of hydrogen-bond donors (Lipinski definition) is 1. The van der Waals surface area contributed by atoms with E-state index in [0.29, 0.717) is 5.92 Å². The molecule has 0 bridgehead atoms. The summed E-state index contributed by atoms with van der Waals surface area (Å²) in [5.41, 5.74) is 0.0927. The van der Waals surface area contributed by atoms with Gasteiger partial charge >= 0.3 is 12.3 Å². The van der Waals surface area contributed by atoms with Crippen molar-refractivity contribution in [2.45, 2.75) is 58.4 Å². The second kappa shape index (κ2) is 5.12. The lowest BCUT2D eigenvalue weighted by Gasteiger charge is -2.39. The van der Waals surface area contributed by atoms with Crippen LogP contribution in [0.1, 0.15) is 40.0 Å². The molecule has 1 aliphatic rings. The van der Waals surface area contributed by atoms with Crippen molar-refractivity contribution in [2.24, 2.45) is 11.3 Å². The summed E-state index contributed by atoms with van der Waals surface area (Å²) in [5.74, 6) is -3.48. The van der Waals surface area contributed by atoms with Crippen molar-refractivity contribution < 1.29 is 17.6 Å². The molecule has 0 aromatic heterocycles. The first-order chi connectivity index (χ1) is 7.62. The van der Waals surface area contributed by atoms with Gasteiger partial charge in [0.2, 0.25) is 0 Å². The first-order valence-electron chi connectivity index (χ1n) is 6.02. The summed E-state index contributed by atoms with van der Waals surface area (Å²) < 4.78 is 49.6. The molecule has 0 amide bonds. The van der Waals surface area contributed by atoms with Gasteiger partial charge in [-0.15, -0.1) is 0 Å². The summed E-state index contributed by atoms with van der Waals surface area (Å²) in [4.78, 5) is 0. The minimum absolute atomic E-state index is 0.0848. The predicted octanol–water partition coefficient (Wildman–Crippen LogP) is 3.69. The van der Waals surface area contributed by atoms with Gasteiger partial charge in [0, 0.05) is 6.04 Å². The lowest BCUT2D eigenvalue weighted by Crippen LogP contribution is -2.47. The van der Waals surface area contributed by atoms with E-state index in [1.54, 1.807) is 0 Å². The molecule has 0 radical (unpaired) electrons. The molecule has 1 saturated carbocycles. The van der Waals surface area contributed by atoms with Crippen molar-refractivity contribution in [1.82, 2.24) is 5.32 Å². The highest BCUT2D eigenvalue weighted by atomic mass is 19.3. The Hall–Kier alpha value is -0.320. The van der Waals surface area contributed by atoms with Crippen LogP contribution in [0.5, 0.6) is 0 Å². The standard InChI is InChI=1S/C12H21F4N/c1-8-4-9(6-11(2,3)5-8)17-7-12(15,16)10(13)14/h8-10,17H,4-7H2,1-3H3. The highest BCUT2D eigenvalue weighted by Gasteiger charge is 2.41. The van der Waals surface area contributed by atoms with E-state index < -0.39 is 18.9 Å². The van der Waals surface area contributed by atoms with Crippen LogP contribution < -0.4 is 5.32 Å². The van der Waals surface area contributed by atoms with Gasteiger partial charge in [-0.3, -0.25) is 0 Å². The van der Waals surface area contributed by atoms with Crippen LogP contribution in [0.3, 0.4) is 0 Å². The van der Waals surface area contributed by atoms with Crippen LogP contribution in [-0.2, 0) is 0 Å². The SMILES string of the molecule is CC1CC(NCC(F)(F)C(F)F)CC(C)(C)C1. The van der Waals surface area contributed by atoms with Crippen molar-refractivity contribution in [3.8, 4) is 0 Å². The van der Waals surface area contributed by atoms with E-state index in [4.69, 9.17) is 0 Å². The number of hydrogen-bond acceptors (Lipinski definition) is 1. The number of rotatable bonds is 4. The van der Waals surface area contributed by atoms with Gasteiger partial charge in [0.25, 0.3) is 0 Å². The molecule has 0 aliphatic heterocycles. The molecule has 1 rings (SSSR count). The number of nitrogens with one attached hydrogen (secondary N) is 1. The van der Waals surface area contributed by atoms with Gasteiger partial charge in [-0.05, 0) is 30.6 Å². The summed E-state index contributed by atoms with van der Waals surface area (Å²) in [6, 6.07) is -0.0848. The maximum absolute atomic E-state index is 12.8. The third-order valence-corrected chi connectivity index (χ3v) is 3.33. The van der Waals surface area contributed by atoms with Crippen molar-refractivity contribution in [3.05, 3.63) is 0 Å². The largest absolute Gasteiger partial charge is 0.319 e. The van der Waals surface area contributed by atoms with Gasteiger partial charge in [0.1, 0.15) is 0 Å². The Morgan fingerprint density at radius 2 is 1.88 bits per heavy atom. The topological polar surface area (TPSA) is 12.0 Å². The molecule has 5 heteroatoms. The summed E-state index contributed by atoms with van der Waals surface area (Å²) in [6.07, 6.45) is -1.00. The zero-order valence-electron chi connectivity index (χ0n) is 10.6. The van der Waals surface area contributed by atoms with Crippen molar-refractivity contribution in [2.75, 3.05) is 6.54 Å². The quantitative estimate of drug-likeness (QED) is 0.755. The van der Waals surface area contributed by atoms with Gasteiger partial charge in [-0.25, -0.2) is 8.78 Å². The van der Waals surface area contributed by atoms with Crippen LogP contribution in [0.4, 0.5) is 17.6 Å². The summed E-state index contributed by atoms with van der Waals surface area (Å²) in [6.45, 7) is 5.31. The molecule has 102 valence electrons. The minimum atomic E-state index is -3.93. The Labute approximate surface area is 100.0 Å². The van der Waals surface area contributed by atoms with Gasteiger partial charge < -0.3 is 5.32 Å². The van der Waals surface area contributed by atoms with Crippen LogP contribution in [0.25, 0.3) is 0 Å². The van der Waals surface area contributed by atoms with E-state index in [2.05, 4.69) is 26.1 Å². The van der Waals surface area contributed by atoms with Crippen molar-refractivity contribution >= 4 is 0 Å². The van der Waals surface area contributed by atoms with Crippen LogP contribution >= 0.6 is 0 Å². The Morgan fingerprint density at radius 3 is 2.35 bits per heavy atom. The molecule has 0 aromatic rings. The normalized spacial score (nSPS) is 29.6. The van der Waals surface area contributed by atoms with Crippen LogP contribution in [0.15, 0.2) is 0 Å². The molecule has 2 unspecified atom stereocenters. The Bertz CT molecular complexity index is 253. The first-order valence-corrected chi connectivity index (χ1v) is 6.02. The molecule has 1 N–H and O–H groups in total. The fourth-order valence-corrected chi connectivity index (χ4v) is 2.86. The lowest BCUT2D eigenvalue weighted by atomic mass is 9.70. The van der Waals surface area contributed by atoms with Crippen LogP contribution in [0.2, 0.25) is 0 Å². The lowest BCUT2D eigenvalue weighted by molar-refractivity contribution is -0.127. The van der Waals surface area contributed by atoms with E-state index in [9.17, 15) is 17.6 Å². The molecule has 0 heterocycles. The molecule has 0 spiro atoms. The van der Waals surface area contributed by atoms with E-state index in [1.807, 2.05) is 0 Å². The maximum Gasteiger partial charge on any atom is 0.319 e. The zero-order chi connectivity index (χ0) is 13.3. The monoisotopic (exact) mass is 255 g/mol. The average molecular weight is 255 g/mol. The molecule has 17 heavy (non-hydrogen) atoms. The van der Waals surface area contributed by atoms with Gasteiger partial charge in [0.15, 0.2) is 0 Å². The number of halogens is 4. The zero-order valence-corrected chi connectivity index (χ0v) is 10.6. The number of alkyl halides is 4.